The molecule has 6 nitrogen and oxygen atoms in total. The molecule has 110 valence electrons. The SMILES string of the molecule is O=C(COc1coc(CO)cc1=O)Nc1ccc(Cl)cc1. The molecule has 0 radical (unpaired) electrons. The Labute approximate surface area is 124 Å². The fourth-order valence-electron chi connectivity index (χ4n) is 1.50. The van der Waals surface area contributed by atoms with Gasteiger partial charge in [0.25, 0.3) is 5.91 Å². The maximum Gasteiger partial charge on any atom is 0.262 e. The van der Waals surface area contributed by atoms with Crippen molar-refractivity contribution < 1.29 is 19.1 Å². The highest BCUT2D eigenvalue weighted by molar-refractivity contribution is 6.30. The maximum absolute atomic E-state index is 11.7. The van der Waals surface area contributed by atoms with Gasteiger partial charge in [-0.05, 0) is 24.3 Å². The second-order valence-corrected chi connectivity index (χ2v) is 4.51. The first-order valence-corrected chi connectivity index (χ1v) is 6.37. The number of benzene rings is 1. The molecule has 0 unspecified atom stereocenters. The highest BCUT2D eigenvalue weighted by atomic mass is 35.5. The van der Waals surface area contributed by atoms with Gasteiger partial charge >= 0.3 is 0 Å². The molecule has 2 rings (SSSR count). The molecule has 0 saturated heterocycles. The van der Waals surface area contributed by atoms with Gasteiger partial charge in [0.05, 0.1) is 0 Å². The molecule has 0 saturated carbocycles. The van der Waals surface area contributed by atoms with Crippen molar-refractivity contribution in [3.8, 4) is 5.75 Å². The van der Waals surface area contributed by atoms with Gasteiger partial charge < -0.3 is 19.6 Å². The number of aliphatic hydroxyl groups is 1. The van der Waals surface area contributed by atoms with Crippen LogP contribution in [0.25, 0.3) is 0 Å². The number of rotatable bonds is 5. The third kappa shape index (κ3) is 4.34. The summed E-state index contributed by atoms with van der Waals surface area (Å²) in [5.41, 5.74) is 0.0975. The van der Waals surface area contributed by atoms with Crippen LogP contribution in [0.4, 0.5) is 5.69 Å². The number of hydrogen-bond donors (Lipinski definition) is 2. The van der Waals surface area contributed by atoms with Crippen LogP contribution in [-0.4, -0.2) is 17.6 Å². The van der Waals surface area contributed by atoms with Gasteiger partial charge in [-0.2, -0.15) is 0 Å². The third-order valence-corrected chi connectivity index (χ3v) is 2.75. The van der Waals surface area contributed by atoms with Gasteiger partial charge in [0.2, 0.25) is 11.2 Å². The maximum atomic E-state index is 11.7. The Morgan fingerprint density at radius 2 is 2.05 bits per heavy atom. The molecule has 1 heterocycles. The molecular formula is C14H12ClNO5. The first kappa shape index (κ1) is 15.1. The van der Waals surface area contributed by atoms with Crippen LogP contribution in [0.1, 0.15) is 5.76 Å². The molecule has 0 bridgehead atoms. The zero-order valence-corrected chi connectivity index (χ0v) is 11.6. The van der Waals surface area contributed by atoms with Crippen LogP contribution in [-0.2, 0) is 11.4 Å². The molecule has 7 heteroatoms. The molecule has 0 aliphatic heterocycles. The predicted octanol–water partition coefficient (Wildman–Crippen LogP) is 1.80. The Morgan fingerprint density at radius 3 is 2.67 bits per heavy atom. The summed E-state index contributed by atoms with van der Waals surface area (Å²) < 4.78 is 10.00. The number of hydrogen-bond acceptors (Lipinski definition) is 5. The Kier molecular flexibility index (Phi) is 4.97. The normalized spacial score (nSPS) is 10.2. The Morgan fingerprint density at radius 1 is 1.33 bits per heavy atom. The van der Waals surface area contributed by atoms with Crippen LogP contribution in [0.5, 0.6) is 5.75 Å². The van der Waals surface area contributed by atoms with Crippen molar-refractivity contribution in [2.45, 2.75) is 6.61 Å². The number of nitrogens with one attached hydrogen (secondary N) is 1. The quantitative estimate of drug-likeness (QED) is 0.879. The van der Waals surface area contributed by atoms with E-state index < -0.39 is 11.3 Å². The van der Waals surface area contributed by atoms with E-state index in [0.717, 1.165) is 12.3 Å². The van der Waals surface area contributed by atoms with Crippen molar-refractivity contribution in [3.63, 3.8) is 0 Å². The second-order valence-electron chi connectivity index (χ2n) is 4.08. The Hall–Kier alpha value is -2.31. The van der Waals surface area contributed by atoms with Crippen LogP contribution in [0.15, 0.2) is 45.8 Å². The third-order valence-electron chi connectivity index (χ3n) is 2.49. The molecule has 2 aromatic rings. The van der Waals surface area contributed by atoms with Crippen LogP contribution in [0, 0.1) is 0 Å². The topological polar surface area (TPSA) is 88.8 Å². The van der Waals surface area contributed by atoms with E-state index in [1.807, 2.05) is 0 Å². The number of aliphatic hydroxyl groups excluding tert-OH is 1. The van der Waals surface area contributed by atoms with E-state index in [9.17, 15) is 9.59 Å². The number of carbonyl (C=O) groups is 1. The van der Waals surface area contributed by atoms with Crippen LogP contribution < -0.4 is 15.5 Å². The summed E-state index contributed by atoms with van der Waals surface area (Å²) in [6.07, 6.45) is 1.06. The minimum Gasteiger partial charge on any atom is -0.477 e. The number of amides is 1. The fraction of sp³-hybridized carbons (Fsp3) is 0.143. The first-order valence-electron chi connectivity index (χ1n) is 5.99. The number of carbonyl (C=O) groups excluding carboxylic acids is 1. The van der Waals surface area contributed by atoms with E-state index >= 15 is 0 Å². The number of halogens is 1. The van der Waals surface area contributed by atoms with Crippen molar-refractivity contribution in [3.05, 3.63) is 57.6 Å². The predicted molar refractivity (Wildman–Crippen MR) is 76.5 cm³/mol. The number of ether oxygens (including phenoxy) is 1. The summed E-state index contributed by atoms with van der Waals surface area (Å²) in [4.78, 5) is 23.2. The molecule has 1 aromatic heterocycles. The highest BCUT2D eigenvalue weighted by Crippen LogP contribution is 2.13. The first-order chi connectivity index (χ1) is 10.1. The van der Waals surface area contributed by atoms with Gasteiger partial charge in [0, 0.05) is 16.8 Å². The standard InChI is InChI=1S/C14H12ClNO5/c15-9-1-3-10(4-2-9)16-14(19)8-21-13-7-20-11(6-17)5-12(13)18/h1-5,7,17H,6,8H2,(H,16,19). The molecule has 21 heavy (non-hydrogen) atoms. The van der Waals surface area contributed by atoms with Crippen molar-refractivity contribution in [2.24, 2.45) is 0 Å². The van der Waals surface area contributed by atoms with Gasteiger partial charge in [-0.1, -0.05) is 11.6 Å². The summed E-state index contributed by atoms with van der Waals surface area (Å²) in [7, 11) is 0. The molecule has 0 fully saturated rings. The highest BCUT2D eigenvalue weighted by Gasteiger charge is 2.08. The van der Waals surface area contributed by atoms with Gasteiger partial charge in [0.1, 0.15) is 18.6 Å². The van der Waals surface area contributed by atoms with E-state index in [4.69, 9.17) is 25.9 Å². The molecule has 0 spiro atoms. The van der Waals surface area contributed by atoms with Crippen LogP contribution in [0.2, 0.25) is 5.02 Å². The molecule has 0 aliphatic rings. The average molecular weight is 310 g/mol. The molecule has 2 N–H and O–H groups in total. The summed E-state index contributed by atoms with van der Waals surface area (Å²) >= 11 is 5.73. The van der Waals surface area contributed by atoms with Gasteiger partial charge in [-0.15, -0.1) is 0 Å². The smallest absolute Gasteiger partial charge is 0.262 e. The summed E-state index contributed by atoms with van der Waals surface area (Å²) in [5, 5.41) is 12.0. The van der Waals surface area contributed by atoms with Crippen molar-refractivity contribution in [2.75, 3.05) is 11.9 Å². The minimum atomic E-state index is -0.468. The van der Waals surface area contributed by atoms with E-state index in [-0.39, 0.29) is 24.7 Å². The zero-order valence-electron chi connectivity index (χ0n) is 10.8. The lowest BCUT2D eigenvalue weighted by atomic mass is 10.3. The van der Waals surface area contributed by atoms with Gasteiger partial charge in [0.15, 0.2) is 6.61 Å². The van der Waals surface area contributed by atoms with Gasteiger partial charge in [-0.25, -0.2) is 0 Å². The molecule has 0 atom stereocenters. The second kappa shape index (κ2) is 6.92. The molecule has 0 aliphatic carbocycles. The van der Waals surface area contributed by atoms with Crippen molar-refractivity contribution in [1.29, 1.82) is 0 Å². The molecule has 1 amide bonds. The van der Waals surface area contributed by atoms with Crippen molar-refractivity contribution >= 4 is 23.2 Å². The molecule has 1 aromatic carbocycles. The summed E-state index contributed by atoms with van der Waals surface area (Å²) in [6, 6.07) is 7.67. The lowest BCUT2D eigenvalue weighted by Crippen LogP contribution is -2.22. The molecular weight excluding hydrogens is 298 g/mol. The average Bonchev–Trinajstić information content (AvgIpc) is 2.48. The Bertz CT molecular complexity index is 681. The van der Waals surface area contributed by atoms with E-state index in [1.54, 1.807) is 24.3 Å². The van der Waals surface area contributed by atoms with Crippen LogP contribution >= 0.6 is 11.6 Å². The largest absolute Gasteiger partial charge is 0.477 e. The van der Waals surface area contributed by atoms with E-state index in [1.165, 1.54) is 0 Å². The van der Waals surface area contributed by atoms with E-state index in [0.29, 0.717) is 10.7 Å². The van der Waals surface area contributed by atoms with Crippen molar-refractivity contribution in [1.82, 2.24) is 0 Å². The summed E-state index contributed by atoms with van der Waals surface area (Å²) in [6.45, 7) is -0.724. The lowest BCUT2D eigenvalue weighted by Gasteiger charge is -2.07. The van der Waals surface area contributed by atoms with Gasteiger partial charge in [-0.3, -0.25) is 9.59 Å². The monoisotopic (exact) mass is 309 g/mol. The van der Waals surface area contributed by atoms with Crippen LogP contribution in [0.3, 0.4) is 0 Å². The minimum absolute atomic E-state index is 0.0987. The zero-order chi connectivity index (χ0) is 15.2. The lowest BCUT2D eigenvalue weighted by molar-refractivity contribution is -0.118. The van der Waals surface area contributed by atoms with E-state index in [2.05, 4.69) is 5.32 Å². The Balaban J connectivity index is 1.92. The fourth-order valence-corrected chi connectivity index (χ4v) is 1.63. The summed E-state index contributed by atoms with van der Waals surface area (Å²) in [5.74, 6) is -0.403. The number of anilines is 1.